The summed E-state index contributed by atoms with van der Waals surface area (Å²) in [6.07, 6.45) is 0. The molecule has 0 bridgehead atoms. The zero-order chi connectivity index (χ0) is 15.6. The highest BCUT2D eigenvalue weighted by atomic mass is 35.5. The molecule has 0 unspecified atom stereocenters. The van der Waals surface area contributed by atoms with Crippen molar-refractivity contribution in [1.29, 1.82) is 0 Å². The second-order valence-electron chi connectivity index (χ2n) is 5.58. The number of benzene rings is 1. The Morgan fingerprint density at radius 2 is 2.00 bits per heavy atom. The molecule has 2 rings (SSSR count). The van der Waals surface area contributed by atoms with Crippen LogP contribution in [0.4, 0.5) is 0 Å². The lowest BCUT2D eigenvalue weighted by atomic mass is 9.97. The normalized spacial score (nSPS) is 11.5. The molecule has 0 spiro atoms. The summed E-state index contributed by atoms with van der Waals surface area (Å²) in [5.74, 6) is -0.242. The van der Waals surface area contributed by atoms with Crippen LogP contribution in [0.25, 0.3) is 11.3 Å². The van der Waals surface area contributed by atoms with Crippen molar-refractivity contribution in [3.63, 3.8) is 0 Å². The standard InChI is InChI=1S/C15H15Cl2NO2S/c1-15(2,3)14(19)20-7-13-18-12(8-21-13)9-4-5-10(16)11(17)6-9/h4-6,8H,7H2,1-3H3. The summed E-state index contributed by atoms with van der Waals surface area (Å²) < 4.78 is 5.25. The van der Waals surface area contributed by atoms with E-state index in [-0.39, 0.29) is 12.6 Å². The van der Waals surface area contributed by atoms with Crippen molar-refractivity contribution in [2.45, 2.75) is 27.4 Å². The van der Waals surface area contributed by atoms with Crippen LogP contribution in [0.2, 0.25) is 10.0 Å². The minimum absolute atomic E-state index is 0.183. The highest BCUT2D eigenvalue weighted by Gasteiger charge is 2.23. The summed E-state index contributed by atoms with van der Waals surface area (Å²) in [6.45, 7) is 5.64. The number of aromatic nitrogens is 1. The smallest absolute Gasteiger partial charge is 0.311 e. The summed E-state index contributed by atoms with van der Waals surface area (Å²) in [7, 11) is 0. The van der Waals surface area contributed by atoms with Gasteiger partial charge in [0.05, 0.1) is 21.2 Å². The van der Waals surface area contributed by atoms with Crippen LogP contribution in [0.3, 0.4) is 0 Å². The Kier molecular flexibility index (Phi) is 4.91. The molecule has 3 nitrogen and oxygen atoms in total. The predicted molar refractivity (Wildman–Crippen MR) is 86.8 cm³/mol. The number of halogens is 2. The Hall–Kier alpha value is -1.10. The second kappa shape index (κ2) is 6.34. The van der Waals surface area contributed by atoms with Gasteiger partial charge in [0.1, 0.15) is 11.6 Å². The van der Waals surface area contributed by atoms with Gasteiger partial charge in [-0.1, -0.05) is 29.3 Å². The number of rotatable bonds is 3. The summed E-state index contributed by atoms with van der Waals surface area (Å²) >= 11 is 13.3. The van der Waals surface area contributed by atoms with E-state index < -0.39 is 5.41 Å². The second-order valence-corrected chi connectivity index (χ2v) is 7.34. The van der Waals surface area contributed by atoms with Gasteiger partial charge in [0.15, 0.2) is 0 Å². The molecule has 0 saturated carbocycles. The topological polar surface area (TPSA) is 39.2 Å². The molecule has 0 radical (unpaired) electrons. The first kappa shape index (κ1) is 16.3. The van der Waals surface area contributed by atoms with Gasteiger partial charge < -0.3 is 4.74 Å². The third kappa shape index (κ3) is 4.19. The average Bonchev–Trinajstić information content (AvgIpc) is 2.87. The van der Waals surface area contributed by atoms with E-state index in [0.717, 1.165) is 16.3 Å². The SMILES string of the molecule is CC(C)(C)C(=O)OCc1nc(-c2ccc(Cl)c(Cl)c2)cs1. The van der Waals surface area contributed by atoms with Gasteiger partial charge >= 0.3 is 5.97 Å². The zero-order valence-electron chi connectivity index (χ0n) is 11.9. The van der Waals surface area contributed by atoms with Crippen molar-refractivity contribution in [3.05, 3.63) is 38.6 Å². The molecule has 1 aromatic carbocycles. The molecule has 0 aliphatic rings. The Morgan fingerprint density at radius 3 is 2.62 bits per heavy atom. The molecule has 2 aromatic rings. The van der Waals surface area contributed by atoms with Gasteiger partial charge in [0.25, 0.3) is 0 Å². The molecule has 1 heterocycles. The highest BCUT2D eigenvalue weighted by molar-refractivity contribution is 7.09. The molecule has 0 N–H and O–H groups in total. The number of hydrogen-bond donors (Lipinski definition) is 0. The van der Waals surface area contributed by atoms with E-state index in [2.05, 4.69) is 4.98 Å². The summed E-state index contributed by atoms with van der Waals surface area (Å²) in [6, 6.07) is 5.36. The highest BCUT2D eigenvalue weighted by Crippen LogP contribution is 2.29. The van der Waals surface area contributed by atoms with Crippen LogP contribution in [-0.4, -0.2) is 11.0 Å². The van der Waals surface area contributed by atoms with E-state index in [9.17, 15) is 4.79 Å². The molecule has 0 fully saturated rings. The van der Waals surface area contributed by atoms with Crippen molar-refractivity contribution < 1.29 is 9.53 Å². The maximum Gasteiger partial charge on any atom is 0.311 e. The Balaban J connectivity index is 2.08. The fourth-order valence-electron chi connectivity index (χ4n) is 1.51. The number of esters is 1. The first-order chi connectivity index (χ1) is 9.77. The fraction of sp³-hybridized carbons (Fsp3) is 0.333. The largest absolute Gasteiger partial charge is 0.458 e. The minimum atomic E-state index is -0.510. The van der Waals surface area contributed by atoms with Crippen molar-refractivity contribution in [3.8, 4) is 11.3 Å². The third-order valence-corrected chi connectivity index (χ3v) is 4.27. The molecule has 1 aromatic heterocycles. The lowest BCUT2D eigenvalue weighted by Gasteiger charge is -2.15. The van der Waals surface area contributed by atoms with E-state index >= 15 is 0 Å². The number of nitrogens with zero attached hydrogens (tertiary/aromatic N) is 1. The van der Waals surface area contributed by atoms with Gasteiger partial charge in [-0.25, -0.2) is 4.98 Å². The first-order valence-electron chi connectivity index (χ1n) is 6.34. The van der Waals surface area contributed by atoms with Crippen LogP contribution in [0.1, 0.15) is 25.8 Å². The Labute approximate surface area is 137 Å². The molecular formula is C15H15Cl2NO2S. The quantitative estimate of drug-likeness (QED) is 0.718. The van der Waals surface area contributed by atoms with Crippen LogP contribution < -0.4 is 0 Å². The van der Waals surface area contributed by atoms with Crippen molar-refractivity contribution >= 4 is 40.5 Å². The molecule has 0 aliphatic carbocycles. The van der Waals surface area contributed by atoms with Crippen LogP contribution >= 0.6 is 34.5 Å². The van der Waals surface area contributed by atoms with Gasteiger partial charge in [-0.3, -0.25) is 4.79 Å². The van der Waals surface area contributed by atoms with Gasteiger partial charge in [-0.2, -0.15) is 0 Å². The zero-order valence-corrected chi connectivity index (χ0v) is 14.3. The van der Waals surface area contributed by atoms with Gasteiger partial charge in [0, 0.05) is 10.9 Å². The molecule has 21 heavy (non-hydrogen) atoms. The van der Waals surface area contributed by atoms with E-state index in [4.69, 9.17) is 27.9 Å². The first-order valence-corrected chi connectivity index (χ1v) is 7.98. The molecule has 0 atom stereocenters. The predicted octanol–water partition coefficient (Wildman–Crippen LogP) is 5.21. The van der Waals surface area contributed by atoms with Gasteiger partial charge in [-0.15, -0.1) is 11.3 Å². The molecular weight excluding hydrogens is 329 g/mol. The minimum Gasteiger partial charge on any atom is -0.458 e. The van der Waals surface area contributed by atoms with Crippen LogP contribution in [0, 0.1) is 5.41 Å². The monoisotopic (exact) mass is 343 g/mol. The maximum atomic E-state index is 11.7. The molecule has 0 saturated heterocycles. The van der Waals surface area contributed by atoms with Crippen LogP contribution in [0.5, 0.6) is 0 Å². The lowest BCUT2D eigenvalue weighted by Crippen LogP contribution is -2.22. The van der Waals surface area contributed by atoms with E-state index in [1.54, 1.807) is 12.1 Å². The van der Waals surface area contributed by atoms with Crippen molar-refractivity contribution in [1.82, 2.24) is 4.98 Å². The number of thiazole rings is 1. The average molecular weight is 344 g/mol. The summed E-state index contributed by atoms with van der Waals surface area (Å²) in [5, 5.41) is 3.64. The molecule has 0 amide bonds. The van der Waals surface area contributed by atoms with Gasteiger partial charge in [0.2, 0.25) is 0 Å². The van der Waals surface area contributed by atoms with Crippen molar-refractivity contribution in [2.75, 3.05) is 0 Å². The van der Waals surface area contributed by atoms with E-state index in [1.165, 1.54) is 11.3 Å². The van der Waals surface area contributed by atoms with Crippen molar-refractivity contribution in [2.24, 2.45) is 5.41 Å². The summed E-state index contributed by atoms with van der Waals surface area (Å²) in [5.41, 5.74) is 1.17. The molecule has 112 valence electrons. The number of hydrogen-bond acceptors (Lipinski definition) is 4. The van der Waals surface area contributed by atoms with Crippen LogP contribution in [-0.2, 0) is 16.1 Å². The third-order valence-electron chi connectivity index (χ3n) is 2.71. The van der Waals surface area contributed by atoms with Gasteiger partial charge in [-0.05, 0) is 32.9 Å². The Bertz CT molecular complexity index is 662. The number of ether oxygens (including phenoxy) is 1. The maximum absolute atomic E-state index is 11.7. The number of carbonyl (C=O) groups excluding carboxylic acids is 1. The number of carbonyl (C=O) groups is 1. The van der Waals surface area contributed by atoms with E-state index in [0.29, 0.717) is 10.0 Å². The van der Waals surface area contributed by atoms with E-state index in [1.807, 2.05) is 32.2 Å². The van der Waals surface area contributed by atoms with Crippen LogP contribution in [0.15, 0.2) is 23.6 Å². The molecule has 6 heteroatoms. The Morgan fingerprint density at radius 1 is 1.29 bits per heavy atom. The lowest BCUT2D eigenvalue weighted by molar-refractivity contribution is -0.154. The summed E-state index contributed by atoms with van der Waals surface area (Å²) in [4.78, 5) is 16.2. The molecule has 0 aliphatic heterocycles. The fourth-order valence-corrected chi connectivity index (χ4v) is 2.52.